The summed E-state index contributed by atoms with van der Waals surface area (Å²) in [5.74, 6) is 0.185. The first-order chi connectivity index (χ1) is 7.40. The molecule has 1 rings (SSSR count). The number of ether oxygens (including phenoxy) is 2. The van der Waals surface area contributed by atoms with Gasteiger partial charge in [0.05, 0.1) is 14.2 Å². The number of rotatable bonds is 3. The lowest BCUT2D eigenvalue weighted by atomic mass is 10.1. The molecule has 16 heavy (non-hydrogen) atoms. The van der Waals surface area contributed by atoms with Crippen LogP contribution in [0.15, 0.2) is 18.2 Å². The van der Waals surface area contributed by atoms with Crippen LogP contribution in [0.1, 0.15) is 11.7 Å². The van der Waals surface area contributed by atoms with Gasteiger partial charge >= 0.3 is 6.18 Å². The van der Waals surface area contributed by atoms with E-state index in [1.54, 1.807) is 0 Å². The highest BCUT2D eigenvalue weighted by Gasteiger charge is 2.41. The molecular formula is C10H11F3O3. The van der Waals surface area contributed by atoms with Gasteiger partial charge in [-0.15, -0.1) is 0 Å². The molecule has 0 spiro atoms. The lowest BCUT2D eigenvalue weighted by Gasteiger charge is -2.18. The summed E-state index contributed by atoms with van der Waals surface area (Å²) >= 11 is 0. The summed E-state index contributed by atoms with van der Waals surface area (Å²) in [6.07, 6.45) is -7.32. The van der Waals surface area contributed by atoms with E-state index >= 15 is 0 Å². The van der Waals surface area contributed by atoms with Crippen molar-refractivity contribution in [3.8, 4) is 11.5 Å². The average molecular weight is 236 g/mol. The number of hydrogen-bond acceptors (Lipinski definition) is 3. The van der Waals surface area contributed by atoms with Crippen LogP contribution in [0.4, 0.5) is 13.2 Å². The Hall–Kier alpha value is -1.43. The Morgan fingerprint density at radius 1 is 1.19 bits per heavy atom. The molecule has 1 aromatic rings. The molecule has 0 aliphatic heterocycles. The van der Waals surface area contributed by atoms with Crippen molar-refractivity contribution >= 4 is 0 Å². The number of methoxy groups -OCH3 is 2. The molecule has 1 atom stereocenters. The highest BCUT2D eigenvalue weighted by atomic mass is 19.4. The molecular weight excluding hydrogens is 225 g/mol. The van der Waals surface area contributed by atoms with Crippen molar-refractivity contribution in [1.29, 1.82) is 0 Å². The van der Waals surface area contributed by atoms with Gasteiger partial charge in [0.15, 0.2) is 6.10 Å². The molecule has 1 aromatic carbocycles. The topological polar surface area (TPSA) is 38.7 Å². The standard InChI is InChI=1S/C10H11F3O3/c1-15-6-3-4-8(16-2)7(5-6)9(14)10(11,12)13/h3-5,9,14H,1-2H3. The van der Waals surface area contributed by atoms with Crippen LogP contribution < -0.4 is 9.47 Å². The quantitative estimate of drug-likeness (QED) is 0.875. The fraction of sp³-hybridized carbons (Fsp3) is 0.400. The Labute approximate surface area is 90.4 Å². The minimum absolute atomic E-state index is 0.0365. The van der Waals surface area contributed by atoms with Crippen molar-refractivity contribution in [2.24, 2.45) is 0 Å². The summed E-state index contributed by atoms with van der Waals surface area (Å²) < 4.78 is 46.6. The molecule has 0 saturated heterocycles. The van der Waals surface area contributed by atoms with Crippen LogP contribution in [-0.4, -0.2) is 25.5 Å². The summed E-state index contributed by atoms with van der Waals surface area (Å²) in [5, 5.41) is 9.13. The van der Waals surface area contributed by atoms with Gasteiger partial charge in [0.25, 0.3) is 0 Å². The van der Waals surface area contributed by atoms with Crippen LogP contribution in [0.2, 0.25) is 0 Å². The van der Waals surface area contributed by atoms with Gasteiger partial charge in [0, 0.05) is 5.56 Å². The van der Waals surface area contributed by atoms with Gasteiger partial charge in [0.2, 0.25) is 0 Å². The molecule has 0 bridgehead atoms. The molecule has 0 radical (unpaired) electrons. The minimum atomic E-state index is -4.74. The summed E-state index contributed by atoms with van der Waals surface area (Å²) in [5.41, 5.74) is -0.366. The fourth-order valence-electron chi connectivity index (χ4n) is 1.23. The second-order valence-electron chi connectivity index (χ2n) is 3.05. The van der Waals surface area contributed by atoms with Gasteiger partial charge in [-0.3, -0.25) is 0 Å². The SMILES string of the molecule is COc1ccc(OC)c(C(O)C(F)(F)F)c1. The number of aliphatic hydroxyl groups is 1. The second-order valence-corrected chi connectivity index (χ2v) is 3.05. The van der Waals surface area contributed by atoms with Crippen molar-refractivity contribution in [1.82, 2.24) is 0 Å². The summed E-state index contributed by atoms with van der Waals surface area (Å²) in [4.78, 5) is 0. The van der Waals surface area contributed by atoms with Crippen LogP contribution in [0.3, 0.4) is 0 Å². The summed E-state index contributed by atoms with van der Waals surface area (Å²) in [7, 11) is 2.56. The smallest absolute Gasteiger partial charge is 0.418 e. The van der Waals surface area contributed by atoms with E-state index in [0.717, 1.165) is 6.07 Å². The normalized spacial score (nSPS) is 13.4. The lowest BCUT2D eigenvalue weighted by molar-refractivity contribution is -0.207. The molecule has 1 unspecified atom stereocenters. The Kier molecular flexibility index (Phi) is 3.64. The first-order valence-electron chi connectivity index (χ1n) is 4.37. The van der Waals surface area contributed by atoms with Crippen LogP contribution in [0, 0.1) is 0 Å². The van der Waals surface area contributed by atoms with E-state index in [-0.39, 0.29) is 17.1 Å². The number of halogens is 3. The Balaban J connectivity index is 3.18. The van der Waals surface area contributed by atoms with Crippen LogP contribution >= 0.6 is 0 Å². The van der Waals surface area contributed by atoms with Gasteiger partial charge in [-0.1, -0.05) is 0 Å². The molecule has 0 amide bonds. The molecule has 0 saturated carbocycles. The molecule has 0 heterocycles. The molecule has 0 fully saturated rings. The second kappa shape index (κ2) is 4.61. The van der Waals surface area contributed by atoms with E-state index in [9.17, 15) is 13.2 Å². The third-order valence-corrected chi connectivity index (χ3v) is 2.04. The first kappa shape index (κ1) is 12.6. The fourth-order valence-corrected chi connectivity index (χ4v) is 1.23. The van der Waals surface area contributed by atoms with E-state index in [1.807, 2.05) is 0 Å². The first-order valence-corrected chi connectivity index (χ1v) is 4.37. The molecule has 0 aliphatic rings. The molecule has 6 heteroatoms. The molecule has 1 N–H and O–H groups in total. The number of hydrogen-bond donors (Lipinski definition) is 1. The van der Waals surface area contributed by atoms with Crippen molar-refractivity contribution in [3.63, 3.8) is 0 Å². The van der Waals surface area contributed by atoms with Gasteiger partial charge in [-0.2, -0.15) is 13.2 Å². The van der Waals surface area contributed by atoms with Gasteiger partial charge in [0.1, 0.15) is 11.5 Å². The third-order valence-electron chi connectivity index (χ3n) is 2.04. The lowest BCUT2D eigenvalue weighted by Crippen LogP contribution is -2.20. The van der Waals surface area contributed by atoms with Crippen molar-refractivity contribution < 1.29 is 27.8 Å². The number of aliphatic hydroxyl groups excluding tert-OH is 1. The third kappa shape index (κ3) is 2.57. The van der Waals surface area contributed by atoms with Gasteiger partial charge in [-0.05, 0) is 18.2 Å². The van der Waals surface area contributed by atoms with Crippen molar-refractivity contribution in [2.75, 3.05) is 14.2 Å². The molecule has 90 valence electrons. The predicted octanol–water partition coefficient (Wildman–Crippen LogP) is 2.30. The minimum Gasteiger partial charge on any atom is -0.497 e. The van der Waals surface area contributed by atoms with Crippen LogP contribution in [0.5, 0.6) is 11.5 Å². The van der Waals surface area contributed by atoms with Crippen molar-refractivity contribution in [2.45, 2.75) is 12.3 Å². The molecule has 3 nitrogen and oxygen atoms in total. The highest BCUT2D eigenvalue weighted by Crippen LogP contribution is 2.38. The van der Waals surface area contributed by atoms with Crippen LogP contribution in [0.25, 0.3) is 0 Å². The van der Waals surface area contributed by atoms with Crippen molar-refractivity contribution in [3.05, 3.63) is 23.8 Å². The monoisotopic (exact) mass is 236 g/mol. The summed E-state index contributed by atoms with van der Waals surface area (Å²) in [6.45, 7) is 0. The van der Waals surface area contributed by atoms with Gasteiger partial charge in [-0.25, -0.2) is 0 Å². The molecule has 0 aliphatic carbocycles. The maximum Gasteiger partial charge on any atom is 0.418 e. The predicted molar refractivity (Wildman–Crippen MR) is 50.6 cm³/mol. The Bertz CT molecular complexity index is 363. The Morgan fingerprint density at radius 3 is 2.25 bits per heavy atom. The zero-order chi connectivity index (χ0) is 12.3. The number of alkyl halides is 3. The van der Waals surface area contributed by atoms with Gasteiger partial charge < -0.3 is 14.6 Å². The zero-order valence-corrected chi connectivity index (χ0v) is 8.71. The molecule has 0 aromatic heterocycles. The summed E-state index contributed by atoms with van der Waals surface area (Å²) in [6, 6.07) is 3.85. The zero-order valence-electron chi connectivity index (χ0n) is 8.71. The van der Waals surface area contributed by atoms with E-state index in [0.29, 0.717) is 0 Å². The largest absolute Gasteiger partial charge is 0.497 e. The number of benzene rings is 1. The van der Waals surface area contributed by atoms with E-state index in [1.165, 1.54) is 26.4 Å². The highest BCUT2D eigenvalue weighted by molar-refractivity contribution is 5.42. The van der Waals surface area contributed by atoms with E-state index < -0.39 is 12.3 Å². The average Bonchev–Trinajstić information content (AvgIpc) is 2.25. The van der Waals surface area contributed by atoms with Crippen LogP contribution in [-0.2, 0) is 0 Å². The van der Waals surface area contributed by atoms with E-state index in [4.69, 9.17) is 14.6 Å². The maximum absolute atomic E-state index is 12.3. The maximum atomic E-state index is 12.3. The van der Waals surface area contributed by atoms with E-state index in [2.05, 4.69) is 0 Å². The Morgan fingerprint density at radius 2 is 1.81 bits per heavy atom.